The zero-order valence-electron chi connectivity index (χ0n) is 10.5. The highest BCUT2D eigenvalue weighted by Crippen LogP contribution is 2.32. The van der Waals surface area contributed by atoms with Crippen LogP contribution in [0.2, 0.25) is 5.02 Å². The third-order valence-corrected chi connectivity index (χ3v) is 5.41. The fourth-order valence-electron chi connectivity index (χ4n) is 1.96. The minimum Gasteiger partial charge on any atom is -0.391 e. The van der Waals surface area contributed by atoms with Gasteiger partial charge in [-0.2, -0.15) is 16.7 Å². The Hall–Kier alpha value is -0.690. The van der Waals surface area contributed by atoms with Gasteiger partial charge < -0.3 is 9.63 Å². The Morgan fingerprint density at radius 2 is 2.35 bits per heavy atom. The molecule has 7 heteroatoms. The molecule has 1 fully saturated rings. The molecule has 0 saturated carbocycles. The lowest BCUT2D eigenvalue weighted by Crippen LogP contribution is -2.15. The molecule has 4 nitrogen and oxygen atoms in total. The van der Waals surface area contributed by atoms with Crippen molar-refractivity contribution in [2.45, 2.75) is 22.7 Å². The Balaban J connectivity index is 1.63. The molecule has 1 saturated heterocycles. The molecule has 0 bridgehead atoms. The van der Waals surface area contributed by atoms with Gasteiger partial charge in [0.15, 0.2) is 5.82 Å². The molecule has 1 aromatic heterocycles. The van der Waals surface area contributed by atoms with Gasteiger partial charge in [-0.3, -0.25) is 0 Å². The summed E-state index contributed by atoms with van der Waals surface area (Å²) in [7, 11) is 0. The molecule has 0 radical (unpaired) electrons. The standard InChI is InChI=1S/C13H13ClN2O2S2/c14-8-2-1-3-9(4-8)20-7-12-15-13(18-16-12)10-5-19-6-11(10)17/h1-4,10-11,17H,5-7H2. The normalized spacial score (nSPS) is 22.3. The zero-order chi connectivity index (χ0) is 13.9. The van der Waals surface area contributed by atoms with Gasteiger partial charge in [-0.05, 0) is 18.2 Å². The smallest absolute Gasteiger partial charge is 0.233 e. The number of benzene rings is 1. The molecule has 3 rings (SSSR count). The van der Waals surface area contributed by atoms with Crippen molar-refractivity contribution in [2.75, 3.05) is 11.5 Å². The van der Waals surface area contributed by atoms with Crippen molar-refractivity contribution >= 4 is 35.1 Å². The molecule has 1 aliphatic heterocycles. The molecule has 20 heavy (non-hydrogen) atoms. The van der Waals surface area contributed by atoms with Crippen molar-refractivity contribution in [2.24, 2.45) is 0 Å². The van der Waals surface area contributed by atoms with Crippen molar-refractivity contribution in [1.82, 2.24) is 10.1 Å². The van der Waals surface area contributed by atoms with Gasteiger partial charge >= 0.3 is 0 Å². The van der Waals surface area contributed by atoms with E-state index in [1.54, 1.807) is 23.5 Å². The first-order valence-electron chi connectivity index (χ1n) is 6.19. The van der Waals surface area contributed by atoms with Gasteiger partial charge in [-0.25, -0.2) is 0 Å². The number of hydrogen-bond acceptors (Lipinski definition) is 6. The first kappa shape index (κ1) is 14.3. The Labute approximate surface area is 130 Å². The van der Waals surface area contributed by atoms with Crippen LogP contribution in [-0.4, -0.2) is 32.9 Å². The van der Waals surface area contributed by atoms with Crippen LogP contribution in [-0.2, 0) is 5.75 Å². The Kier molecular flexibility index (Phi) is 4.55. The molecular weight excluding hydrogens is 316 g/mol. The molecule has 2 aromatic rings. The summed E-state index contributed by atoms with van der Waals surface area (Å²) < 4.78 is 5.26. The van der Waals surface area contributed by atoms with Crippen molar-refractivity contribution in [1.29, 1.82) is 0 Å². The zero-order valence-corrected chi connectivity index (χ0v) is 12.9. The van der Waals surface area contributed by atoms with Gasteiger partial charge in [0.1, 0.15) is 0 Å². The highest BCUT2D eigenvalue weighted by molar-refractivity contribution is 7.99. The Morgan fingerprint density at radius 1 is 1.45 bits per heavy atom. The summed E-state index contributed by atoms with van der Waals surface area (Å²) in [5, 5.41) is 14.5. The van der Waals surface area contributed by atoms with E-state index in [1.807, 2.05) is 24.3 Å². The number of aliphatic hydroxyl groups excluding tert-OH is 1. The van der Waals surface area contributed by atoms with E-state index in [4.69, 9.17) is 16.1 Å². The van der Waals surface area contributed by atoms with Crippen LogP contribution in [0.25, 0.3) is 0 Å². The van der Waals surface area contributed by atoms with E-state index in [1.165, 1.54) is 0 Å². The maximum absolute atomic E-state index is 9.82. The summed E-state index contributed by atoms with van der Waals surface area (Å²) in [6.07, 6.45) is -0.381. The van der Waals surface area contributed by atoms with Crippen LogP contribution in [0, 0.1) is 0 Å². The summed E-state index contributed by atoms with van der Waals surface area (Å²) in [6, 6.07) is 7.66. The molecule has 1 aliphatic rings. The van der Waals surface area contributed by atoms with E-state index >= 15 is 0 Å². The quantitative estimate of drug-likeness (QED) is 0.870. The number of nitrogens with zero attached hydrogens (tertiary/aromatic N) is 2. The molecule has 2 unspecified atom stereocenters. The lowest BCUT2D eigenvalue weighted by Gasteiger charge is -2.06. The molecule has 0 amide bonds. The van der Waals surface area contributed by atoms with E-state index in [2.05, 4.69) is 10.1 Å². The minimum absolute atomic E-state index is 0.0302. The first-order valence-corrected chi connectivity index (χ1v) is 8.71. The third kappa shape index (κ3) is 3.31. The van der Waals surface area contributed by atoms with Gasteiger partial charge in [0.2, 0.25) is 5.89 Å². The average molecular weight is 329 g/mol. The van der Waals surface area contributed by atoms with Crippen LogP contribution in [0.1, 0.15) is 17.6 Å². The van der Waals surface area contributed by atoms with E-state index in [9.17, 15) is 5.11 Å². The summed E-state index contributed by atoms with van der Waals surface area (Å²) in [6.45, 7) is 0. The third-order valence-electron chi connectivity index (χ3n) is 3.02. The average Bonchev–Trinajstić information content (AvgIpc) is 3.05. The Morgan fingerprint density at radius 3 is 3.10 bits per heavy atom. The van der Waals surface area contributed by atoms with Gasteiger partial charge in [-0.1, -0.05) is 22.8 Å². The van der Waals surface area contributed by atoms with Crippen molar-refractivity contribution in [3.8, 4) is 0 Å². The predicted octanol–water partition coefficient (Wildman–Crippen LogP) is 3.21. The van der Waals surface area contributed by atoms with Crippen LogP contribution in [0.4, 0.5) is 0 Å². The first-order chi connectivity index (χ1) is 9.72. The number of rotatable bonds is 4. The number of hydrogen-bond donors (Lipinski definition) is 1. The van der Waals surface area contributed by atoms with Gasteiger partial charge in [0, 0.05) is 21.4 Å². The molecule has 2 heterocycles. The highest BCUT2D eigenvalue weighted by Gasteiger charge is 2.31. The molecule has 106 valence electrons. The second kappa shape index (κ2) is 6.39. The van der Waals surface area contributed by atoms with Crippen LogP contribution >= 0.6 is 35.1 Å². The number of aromatic nitrogens is 2. The lowest BCUT2D eigenvalue weighted by atomic mass is 10.1. The number of halogens is 1. The van der Waals surface area contributed by atoms with Crippen LogP contribution in [0.5, 0.6) is 0 Å². The summed E-state index contributed by atoms with van der Waals surface area (Å²) >= 11 is 9.26. The van der Waals surface area contributed by atoms with Crippen molar-refractivity contribution < 1.29 is 9.63 Å². The van der Waals surface area contributed by atoms with E-state index in [0.717, 1.165) is 21.4 Å². The maximum atomic E-state index is 9.82. The molecule has 0 aliphatic carbocycles. The SMILES string of the molecule is OC1CSCC1c1nc(CSc2cccc(Cl)c2)no1. The molecule has 0 spiro atoms. The largest absolute Gasteiger partial charge is 0.391 e. The minimum atomic E-state index is -0.381. The van der Waals surface area contributed by atoms with E-state index in [-0.39, 0.29) is 12.0 Å². The van der Waals surface area contributed by atoms with Crippen molar-refractivity contribution in [3.05, 3.63) is 41.0 Å². The van der Waals surface area contributed by atoms with Gasteiger partial charge in [0.25, 0.3) is 0 Å². The molecule has 1 N–H and O–H groups in total. The Bertz CT molecular complexity index is 593. The molecule has 2 atom stereocenters. The predicted molar refractivity (Wildman–Crippen MR) is 81.4 cm³/mol. The highest BCUT2D eigenvalue weighted by atomic mass is 35.5. The fourth-order valence-corrected chi connectivity index (χ4v) is 4.24. The van der Waals surface area contributed by atoms with Crippen molar-refractivity contribution in [3.63, 3.8) is 0 Å². The lowest BCUT2D eigenvalue weighted by molar-refractivity contribution is 0.164. The summed E-state index contributed by atoms with van der Waals surface area (Å²) in [5.74, 6) is 3.36. The molecular formula is C13H13ClN2O2S2. The van der Waals surface area contributed by atoms with E-state index in [0.29, 0.717) is 17.5 Å². The number of aliphatic hydroxyl groups is 1. The second-order valence-corrected chi connectivity index (χ2v) is 7.07. The maximum Gasteiger partial charge on any atom is 0.233 e. The number of thioether (sulfide) groups is 2. The summed E-state index contributed by atoms with van der Waals surface area (Å²) in [5.41, 5.74) is 0. The van der Waals surface area contributed by atoms with Crippen LogP contribution in [0.15, 0.2) is 33.7 Å². The molecule has 1 aromatic carbocycles. The van der Waals surface area contributed by atoms with E-state index < -0.39 is 0 Å². The van der Waals surface area contributed by atoms with Crippen LogP contribution in [0.3, 0.4) is 0 Å². The topological polar surface area (TPSA) is 59.2 Å². The summed E-state index contributed by atoms with van der Waals surface area (Å²) in [4.78, 5) is 5.44. The second-order valence-electron chi connectivity index (χ2n) is 4.51. The van der Waals surface area contributed by atoms with Crippen LogP contribution < -0.4 is 0 Å². The monoisotopic (exact) mass is 328 g/mol. The van der Waals surface area contributed by atoms with Gasteiger partial charge in [0.05, 0.1) is 17.8 Å². The van der Waals surface area contributed by atoms with Gasteiger partial charge in [-0.15, -0.1) is 11.8 Å². The fraction of sp³-hybridized carbons (Fsp3) is 0.385.